The number of unbranched alkanes of at least 4 members (excludes halogenated alkanes) is 1. The Bertz CT molecular complexity index is 140. The molecular weight excluding hydrogens is 183 g/mol. The van der Waals surface area contributed by atoms with Crippen LogP contribution in [0.1, 0.15) is 26.7 Å². The first kappa shape index (κ1) is 11.5. The first-order chi connectivity index (χ1) is 5.12. The van der Waals surface area contributed by atoms with E-state index in [2.05, 4.69) is 4.52 Å². The summed E-state index contributed by atoms with van der Waals surface area (Å²) in [5.41, 5.74) is 0. The van der Waals surface area contributed by atoms with Crippen LogP contribution in [-0.2, 0) is 9.09 Å². The second-order valence-corrected chi connectivity index (χ2v) is 6.09. The summed E-state index contributed by atoms with van der Waals surface area (Å²) in [6, 6.07) is 0. The SMILES string of the molecule is CCCCSP(=O)(O)OCC. The van der Waals surface area contributed by atoms with Gasteiger partial charge in [-0.3, -0.25) is 0 Å². The van der Waals surface area contributed by atoms with Gasteiger partial charge >= 0.3 is 6.80 Å². The average Bonchev–Trinajstić information content (AvgIpc) is 1.87. The Morgan fingerprint density at radius 3 is 2.64 bits per heavy atom. The molecule has 1 atom stereocenters. The smallest absolute Gasteiger partial charge is 0.316 e. The lowest BCUT2D eigenvalue weighted by atomic mass is 10.4. The van der Waals surface area contributed by atoms with Crippen molar-refractivity contribution in [2.45, 2.75) is 26.7 Å². The Morgan fingerprint density at radius 2 is 2.18 bits per heavy atom. The highest BCUT2D eigenvalue weighted by Gasteiger charge is 2.17. The molecule has 0 aliphatic rings. The van der Waals surface area contributed by atoms with Gasteiger partial charge in [0.1, 0.15) is 0 Å². The van der Waals surface area contributed by atoms with E-state index < -0.39 is 6.80 Å². The molecule has 11 heavy (non-hydrogen) atoms. The van der Waals surface area contributed by atoms with Crippen molar-refractivity contribution in [3.63, 3.8) is 0 Å². The van der Waals surface area contributed by atoms with Crippen molar-refractivity contribution in [2.24, 2.45) is 0 Å². The molecule has 0 aliphatic carbocycles. The molecule has 0 aromatic carbocycles. The minimum absolute atomic E-state index is 0.299. The van der Waals surface area contributed by atoms with Gasteiger partial charge in [0, 0.05) is 5.75 Å². The topological polar surface area (TPSA) is 46.5 Å². The highest BCUT2D eigenvalue weighted by Crippen LogP contribution is 2.55. The zero-order valence-corrected chi connectivity index (χ0v) is 8.66. The lowest BCUT2D eigenvalue weighted by Gasteiger charge is -2.08. The van der Waals surface area contributed by atoms with Gasteiger partial charge in [-0.1, -0.05) is 13.3 Å². The molecule has 0 rings (SSSR count). The molecule has 1 N–H and O–H groups in total. The van der Waals surface area contributed by atoms with E-state index in [4.69, 9.17) is 4.89 Å². The average molecular weight is 198 g/mol. The zero-order valence-electron chi connectivity index (χ0n) is 6.95. The molecule has 0 aromatic heterocycles. The summed E-state index contributed by atoms with van der Waals surface area (Å²) in [5.74, 6) is 0.699. The summed E-state index contributed by atoms with van der Waals surface area (Å²) in [5, 5.41) is 0. The highest BCUT2D eigenvalue weighted by molar-refractivity contribution is 8.54. The third kappa shape index (κ3) is 6.88. The Labute approximate surface area is 71.8 Å². The van der Waals surface area contributed by atoms with E-state index in [1.165, 1.54) is 0 Å². The molecule has 3 nitrogen and oxygen atoms in total. The molecular formula is C6H15O3PS. The summed E-state index contributed by atoms with van der Waals surface area (Å²) in [6.07, 6.45) is 2.00. The normalized spacial score (nSPS) is 16.3. The van der Waals surface area contributed by atoms with Gasteiger partial charge < -0.3 is 9.42 Å². The van der Waals surface area contributed by atoms with Crippen LogP contribution in [0.15, 0.2) is 0 Å². The molecule has 0 fully saturated rings. The van der Waals surface area contributed by atoms with Crippen LogP contribution >= 0.6 is 18.2 Å². The lowest BCUT2D eigenvalue weighted by Crippen LogP contribution is -1.86. The van der Waals surface area contributed by atoms with Gasteiger partial charge in [0.15, 0.2) is 0 Å². The van der Waals surface area contributed by atoms with Gasteiger partial charge in [0.05, 0.1) is 6.61 Å². The van der Waals surface area contributed by atoms with Crippen molar-refractivity contribution in [1.29, 1.82) is 0 Å². The minimum atomic E-state index is -3.31. The summed E-state index contributed by atoms with van der Waals surface area (Å²) in [6.45, 7) is 0.750. The second kappa shape index (κ2) is 6.06. The van der Waals surface area contributed by atoms with Crippen LogP contribution in [0.4, 0.5) is 0 Å². The van der Waals surface area contributed by atoms with Crippen molar-refractivity contribution in [2.75, 3.05) is 12.4 Å². The highest BCUT2D eigenvalue weighted by atomic mass is 32.7. The van der Waals surface area contributed by atoms with Gasteiger partial charge in [0.2, 0.25) is 0 Å². The predicted molar refractivity (Wildman–Crippen MR) is 48.8 cm³/mol. The molecule has 0 radical (unpaired) electrons. The molecule has 1 unspecified atom stereocenters. The first-order valence-corrected chi connectivity index (χ1v) is 6.91. The van der Waals surface area contributed by atoms with Crippen molar-refractivity contribution in [3.8, 4) is 0 Å². The molecule has 0 aromatic rings. The largest absolute Gasteiger partial charge is 0.386 e. The third-order valence-corrected chi connectivity index (χ3v) is 4.27. The van der Waals surface area contributed by atoms with Crippen molar-refractivity contribution in [1.82, 2.24) is 0 Å². The third-order valence-electron chi connectivity index (χ3n) is 1.04. The number of hydrogen-bond donors (Lipinski definition) is 1. The molecule has 0 bridgehead atoms. The van der Waals surface area contributed by atoms with E-state index in [1.54, 1.807) is 6.92 Å². The van der Waals surface area contributed by atoms with E-state index >= 15 is 0 Å². The van der Waals surface area contributed by atoms with Crippen LogP contribution in [-0.4, -0.2) is 17.3 Å². The van der Waals surface area contributed by atoms with Crippen molar-refractivity contribution < 1.29 is 14.0 Å². The number of rotatable bonds is 6. The Hall–Kier alpha value is 0.500. The van der Waals surface area contributed by atoms with E-state index in [0.29, 0.717) is 12.4 Å². The van der Waals surface area contributed by atoms with Crippen LogP contribution in [0.25, 0.3) is 0 Å². The van der Waals surface area contributed by atoms with Crippen LogP contribution < -0.4 is 0 Å². The van der Waals surface area contributed by atoms with E-state index in [9.17, 15) is 4.57 Å². The summed E-state index contributed by atoms with van der Waals surface area (Å²) < 4.78 is 15.6. The summed E-state index contributed by atoms with van der Waals surface area (Å²) in [4.78, 5) is 9.04. The standard InChI is InChI=1S/C6H15O3PS/c1-3-5-6-11-10(7,8)9-4-2/h3-6H2,1-2H3,(H,7,8). The van der Waals surface area contributed by atoms with E-state index in [1.807, 2.05) is 6.92 Å². The number of hydrogen-bond acceptors (Lipinski definition) is 3. The summed E-state index contributed by atoms with van der Waals surface area (Å²) in [7, 11) is 0. The fourth-order valence-corrected chi connectivity index (χ4v) is 3.19. The molecule has 0 amide bonds. The van der Waals surface area contributed by atoms with E-state index in [-0.39, 0.29) is 0 Å². The van der Waals surface area contributed by atoms with Gasteiger partial charge in [-0.05, 0) is 24.7 Å². The van der Waals surface area contributed by atoms with Crippen LogP contribution in [0, 0.1) is 0 Å². The summed E-state index contributed by atoms with van der Waals surface area (Å²) >= 11 is 1.02. The van der Waals surface area contributed by atoms with Crippen LogP contribution in [0.3, 0.4) is 0 Å². The molecule has 0 saturated heterocycles. The Balaban J connectivity index is 3.47. The molecule has 0 heterocycles. The van der Waals surface area contributed by atoms with Crippen molar-refractivity contribution in [3.05, 3.63) is 0 Å². The zero-order chi connectivity index (χ0) is 8.74. The van der Waals surface area contributed by atoms with Gasteiger partial charge in [-0.25, -0.2) is 4.57 Å². The maximum absolute atomic E-state index is 11.0. The Morgan fingerprint density at radius 1 is 1.55 bits per heavy atom. The van der Waals surface area contributed by atoms with E-state index in [0.717, 1.165) is 24.2 Å². The second-order valence-electron chi connectivity index (χ2n) is 2.07. The van der Waals surface area contributed by atoms with Crippen molar-refractivity contribution >= 4 is 18.2 Å². The fourth-order valence-electron chi connectivity index (χ4n) is 0.525. The van der Waals surface area contributed by atoms with Gasteiger partial charge in [-0.15, -0.1) is 0 Å². The van der Waals surface area contributed by atoms with Crippen LogP contribution in [0.2, 0.25) is 0 Å². The lowest BCUT2D eigenvalue weighted by molar-refractivity contribution is 0.291. The molecule has 68 valence electrons. The van der Waals surface area contributed by atoms with Crippen LogP contribution in [0.5, 0.6) is 0 Å². The molecule has 0 aliphatic heterocycles. The minimum Gasteiger partial charge on any atom is -0.316 e. The quantitative estimate of drug-likeness (QED) is 0.526. The first-order valence-electron chi connectivity index (χ1n) is 3.74. The molecule has 0 spiro atoms. The van der Waals surface area contributed by atoms with Gasteiger partial charge in [-0.2, -0.15) is 0 Å². The Kier molecular flexibility index (Phi) is 6.34. The molecule has 5 heteroatoms. The monoisotopic (exact) mass is 198 g/mol. The fraction of sp³-hybridized carbons (Fsp3) is 1.00. The molecule has 0 saturated carbocycles. The predicted octanol–water partition coefficient (Wildman–Crippen LogP) is 2.66. The maximum Gasteiger partial charge on any atom is 0.386 e. The maximum atomic E-state index is 11.0. The van der Waals surface area contributed by atoms with Gasteiger partial charge in [0.25, 0.3) is 0 Å².